The Labute approximate surface area is 90.6 Å². The molecule has 0 spiro atoms. The molecule has 1 aromatic rings. The fourth-order valence-corrected chi connectivity index (χ4v) is 1.12. The highest BCUT2D eigenvalue weighted by Crippen LogP contribution is 2.17. The second-order valence-electron chi connectivity index (χ2n) is 2.81. The van der Waals surface area contributed by atoms with Crippen LogP contribution in [0.15, 0.2) is 18.2 Å². The molecule has 1 aromatic carbocycles. The molecule has 0 bridgehead atoms. The fraction of sp³-hybridized carbons (Fsp3) is 0.0909. The van der Waals surface area contributed by atoms with Gasteiger partial charge in [0.2, 0.25) is 0 Å². The first-order valence-electron chi connectivity index (χ1n) is 4.23. The van der Waals surface area contributed by atoms with E-state index < -0.39 is 23.2 Å². The van der Waals surface area contributed by atoms with Crippen LogP contribution in [-0.4, -0.2) is 13.1 Å². The number of nitrogens with zero attached hydrogens (tertiary/aromatic N) is 1. The summed E-state index contributed by atoms with van der Waals surface area (Å²) in [6, 6.07) is 3.58. The molecular formula is C11H7F2NO2. The lowest BCUT2D eigenvalue weighted by atomic mass is 10.1. The van der Waals surface area contributed by atoms with Gasteiger partial charge in [-0.15, -0.1) is 0 Å². The minimum Gasteiger partial charge on any atom is -0.465 e. The number of carbonyl (C=O) groups is 1. The molecule has 0 N–H and O–H groups in total. The van der Waals surface area contributed by atoms with Crippen molar-refractivity contribution in [1.82, 2.24) is 0 Å². The summed E-state index contributed by atoms with van der Waals surface area (Å²) in [5.41, 5.74) is -0.583. The third-order valence-electron chi connectivity index (χ3n) is 1.80. The van der Waals surface area contributed by atoms with Gasteiger partial charge in [-0.1, -0.05) is 0 Å². The second-order valence-corrected chi connectivity index (χ2v) is 2.81. The normalized spacial score (nSPS) is 10.1. The summed E-state index contributed by atoms with van der Waals surface area (Å²) in [5, 5.41) is 8.25. The van der Waals surface area contributed by atoms with E-state index >= 15 is 0 Å². The Balaban J connectivity index is 3.23. The molecular weight excluding hydrogens is 216 g/mol. The lowest BCUT2D eigenvalue weighted by Gasteiger charge is -2.03. The van der Waals surface area contributed by atoms with E-state index in [0.29, 0.717) is 0 Å². The van der Waals surface area contributed by atoms with E-state index in [1.807, 2.05) is 0 Å². The van der Waals surface area contributed by atoms with Crippen LogP contribution in [0.3, 0.4) is 0 Å². The first-order chi connectivity index (χ1) is 7.60. The zero-order valence-electron chi connectivity index (χ0n) is 8.33. The van der Waals surface area contributed by atoms with Crippen LogP contribution >= 0.6 is 0 Å². The van der Waals surface area contributed by atoms with Gasteiger partial charge in [0.05, 0.1) is 13.2 Å². The molecule has 16 heavy (non-hydrogen) atoms. The number of hydrogen-bond donors (Lipinski definition) is 0. The Hall–Kier alpha value is -2.22. The van der Waals surface area contributed by atoms with Crippen LogP contribution in [0.5, 0.6) is 0 Å². The lowest BCUT2D eigenvalue weighted by Crippen LogP contribution is -2.08. The molecule has 0 aliphatic carbocycles. The third-order valence-corrected chi connectivity index (χ3v) is 1.80. The zero-order chi connectivity index (χ0) is 12.1. The number of hydrogen-bond acceptors (Lipinski definition) is 3. The molecule has 3 nitrogen and oxygen atoms in total. The molecule has 0 aromatic heterocycles. The molecule has 1 rings (SSSR count). The molecule has 0 amide bonds. The molecule has 0 aliphatic heterocycles. The average Bonchev–Trinajstić information content (AvgIpc) is 2.25. The number of ether oxygens (including phenoxy) is 1. The highest BCUT2D eigenvalue weighted by atomic mass is 19.1. The number of esters is 1. The second kappa shape index (κ2) is 5.03. The number of methoxy groups -OCH3 is 1. The van der Waals surface area contributed by atoms with E-state index in [-0.39, 0.29) is 5.56 Å². The predicted molar refractivity (Wildman–Crippen MR) is 52.3 cm³/mol. The standard InChI is InChI=1S/C11H7F2NO2/c1-16-11(15)10-8(12)5-7(3-2-4-14)6-9(10)13/h2-3,5-6H,1H3. The van der Waals surface area contributed by atoms with Crippen molar-refractivity contribution in [2.75, 3.05) is 7.11 Å². The molecule has 0 fully saturated rings. The summed E-state index contributed by atoms with van der Waals surface area (Å²) in [4.78, 5) is 11.0. The van der Waals surface area contributed by atoms with E-state index in [1.54, 1.807) is 6.07 Å². The minimum absolute atomic E-state index is 0.157. The van der Waals surface area contributed by atoms with Crippen LogP contribution < -0.4 is 0 Å². The van der Waals surface area contributed by atoms with Crippen LogP contribution in [-0.2, 0) is 4.74 Å². The van der Waals surface area contributed by atoms with Crippen molar-refractivity contribution in [2.24, 2.45) is 0 Å². The maximum absolute atomic E-state index is 13.3. The third kappa shape index (κ3) is 2.42. The number of halogens is 2. The number of benzene rings is 1. The van der Waals surface area contributed by atoms with Crippen molar-refractivity contribution in [3.8, 4) is 6.07 Å². The molecule has 0 radical (unpaired) electrons. The first-order valence-corrected chi connectivity index (χ1v) is 4.23. The van der Waals surface area contributed by atoms with Crippen molar-refractivity contribution >= 4 is 12.0 Å². The molecule has 0 saturated carbocycles. The summed E-state index contributed by atoms with van der Waals surface area (Å²) >= 11 is 0. The number of nitriles is 1. The molecule has 82 valence electrons. The largest absolute Gasteiger partial charge is 0.465 e. The summed E-state index contributed by atoms with van der Waals surface area (Å²) in [5.74, 6) is -3.13. The van der Waals surface area contributed by atoms with Gasteiger partial charge in [0.1, 0.15) is 17.2 Å². The Morgan fingerprint density at radius 2 is 2.00 bits per heavy atom. The van der Waals surface area contributed by atoms with Gasteiger partial charge in [-0.25, -0.2) is 13.6 Å². The molecule has 5 heteroatoms. The maximum atomic E-state index is 13.3. The van der Waals surface area contributed by atoms with Crippen LogP contribution in [0, 0.1) is 23.0 Å². The topological polar surface area (TPSA) is 50.1 Å². The lowest BCUT2D eigenvalue weighted by molar-refractivity contribution is 0.0590. The van der Waals surface area contributed by atoms with Crippen LogP contribution in [0.1, 0.15) is 15.9 Å². The van der Waals surface area contributed by atoms with Crippen molar-refractivity contribution in [3.05, 3.63) is 41.0 Å². The first kappa shape index (κ1) is 11.9. The van der Waals surface area contributed by atoms with Gasteiger partial charge in [0.25, 0.3) is 0 Å². The predicted octanol–water partition coefficient (Wildman–Crippen LogP) is 2.29. The minimum atomic E-state index is -1.08. The van der Waals surface area contributed by atoms with Gasteiger partial charge in [0, 0.05) is 6.08 Å². The summed E-state index contributed by atoms with van der Waals surface area (Å²) in [7, 11) is 1.03. The Morgan fingerprint density at radius 1 is 1.44 bits per heavy atom. The fourth-order valence-electron chi connectivity index (χ4n) is 1.12. The number of carbonyl (C=O) groups excluding carboxylic acids is 1. The van der Waals surface area contributed by atoms with E-state index in [4.69, 9.17) is 5.26 Å². The Morgan fingerprint density at radius 3 is 2.44 bits per heavy atom. The smallest absolute Gasteiger partial charge is 0.343 e. The van der Waals surface area contributed by atoms with E-state index in [0.717, 1.165) is 25.3 Å². The Kier molecular flexibility index (Phi) is 3.72. The number of allylic oxidation sites excluding steroid dienone is 1. The highest BCUT2D eigenvalue weighted by molar-refractivity contribution is 5.90. The van der Waals surface area contributed by atoms with Crippen molar-refractivity contribution < 1.29 is 18.3 Å². The van der Waals surface area contributed by atoms with Crippen LogP contribution in [0.25, 0.3) is 6.08 Å². The molecule has 0 heterocycles. The van der Waals surface area contributed by atoms with E-state index in [2.05, 4.69) is 4.74 Å². The average molecular weight is 223 g/mol. The summed E-state index contributed by atoms with van der Waals surface area (Å²) < 4.78 is 30.9. The summed E-state index contributed by atoms with van der Waals surface area (Å²) in [6.07, 6.45) is 2.30. The monoisotopic (exact) mass is 223 g/mol. The number of rotatable bonds is 2. The van der Waals surface area contributed by atoms with Crippen LogP contribution in [0.4, 0.5) is 8.78 Å². The SMILES string of the molecule is COC(=O)c1c(F)cc(C=CC#N)cc1F. The quantitative estimate of drug-likeness (QED) is 0.571. The van der Waals surface area contributed by atoms with Gasteiger partial charge >= 0.3 is 5.97 Å². The van der Waals surface area contributed by atoms with Gasteiger partial charge in [-0.05, 0) is 23.8 Å². The van der Waals surface area contributed by atoms with Gasteiger partial charge in [0.15, 0.2) is 0 Å². The van der Waals surface area contributed by atoms with Gasteiger partial charge < -0.3 is 4.74 Å². The van der Waals surface area contributed by atoms with E-state index in [9.17, 15) is 13.6 Å². The molecule has 0 atom stereocenters. The van der Waals surface area contributed by atoms with E-state index in [1.165, 1.54) is 6.08 Å². The molecule has 0 aliphatic rings. The molecule has 0 unspecified atom stereocenters. The Bertz CT molecular complexity index is 466. The van der Waals surface area contributed by atoms with Crippen LogP contribution in [0.2, 0.25) is 0 Å². The van der Waals surface area contributed by atoms with Crippen molar-refractivity contribution in [2.45, 2.75) is 0 Å². The summed E-state index contributed by atoms with van der Waals surface area (Å²) in [6.45, 7) is 0. The maximum Gasteiger partial charge on any atom is 0.343 e. The van der Waals surface area contributed by atoms with Crippen molar-refractivity contribution in [3.63, 3.8) is 0 Å². The van der Waals surface area contributed by atoms with Gasteiger partial charge in [-0.3, -0.25) is 0 Å². The zero-order valence-corrected chi connectivity index (χ0v) is 8.33. The molecule has 0 saturated heterocycles. The van der Waals surface area contributed by atoms with Gasteiger partial charge in [-0.2, -0.15) is 5.26 Å². The van der Waals surface area contributed by atoms with Crippen molar-refractivity contribution in [1.29, 1.82) is 5.26 Å². The highest BCUT2D eigenvalue weighted by Gasteiger charge is 2.18.